The van der Waals surface area contributed by atoms with E-state index in [4.69, 9.17) is 4.74 Å². The molecule has 0 spiro atoms. The molecule has 2 aliphatic heterocycles. The molecule has 1 unspecified atom stereocenters. The first-order valence-corrected chi connectivity index (χ1v) is 13.9. The Bertz CT molecular complexity index is 1250. The van der Waals surface area contributed by atoms with Crippen molar-refractivity contribution in [3.8, 4) is 5.75 Å². The zero-order chi connectivity index (χ0) is 28.4. The second kappa shape index (κ2) is 11.5. The fraction of sp³-hybridized carbons (Fsp3) is 0.571. The first kappa shape index (κ1) is 28.0. The van der Waals surface area contributed by atoms with Crippen molar-refractivity contribution >= 4 is 35.0 Å². The lowest BCUT2D eigenvalue weighted by molar-refractivity contribution is -0.140. The number of aromatic nitrogens is 2. The van der Waals surface area contributed by atoms with Gasteiger partial charge < -0.3 is 30.1 Å². The normalized spacial score (nSPS) is 21.9. The summed E-state index contributed by atoms with van der Waals surface area (Å²) in [5, 5.41) is 6.21. The molecule has 40 heavy (non-hydrogen) atoms. The van der Waals surface area contributed by atoms with E-state index in [0.29, 0.717) is 22.8 Å². The van der Waals surface area contributed by atoms with Crippen LogP contribution in [0.15, 0.2) is 24.4 Å². The zero-order valence-electron chi connectivity index (χ0n) is 23.3. The summed E-state index contributed by atoms with van der Waals surface area (Å²) in [5.74, 6) is -4.12. The Morgan fingerprint density at radius 2 is 1.90 bits per heavy atom. The lowest BCUT2D eigenvalue weighted by Crippen LogP contribution is -2.49. The molecule has 1 saturated carbocycles. The number of anilines is 4. The van der Waals surface area contributed by atoms with Gasteiger partial charge in [0.2, 0.25) is 5.95 Å². The molecule has 1 saturated heterocycles. The van der Waals surface area contributed by atoms with Crippen LogP contribution in [0, 0.1) is 0 Å². The van der Waals surface area contributed by atoms with E-state index in [0.717, 1.165) is 62.9 Å². The largest absolute Gasteiger partial charge is 0.495 e. The fourth-order valence-corrected chi connectivity index (χ4v) is 5.89. The highest BCUT2D eigenvalue weighted by Gasteiger charge is 2.48. The molecule has 3 aliphatic rings. The molecule has 0 bridgehead atoms. The van der Waals surface area contributed by atoms with Gasteiger partial charge in [0, 0.05) is 31.2 Å². The number of nitrogens with one attached hydrogen (secondary N) is 2. The third-order valence-corrected chi connectivity index (χ3v) is 8.06. The van der Waals surface area contributed by atoms with E-state index in [1.165, 1.54) is 20.4 Å². The molecule has 3 heterocycles. The Balaban J connectivity index is 1.40. The van der Waals surface area contributed by atoms with E-state index in [2.05, 4.69) is 25.5 Å². The number of likely N-dealkylation sites (N-methyl/N-ethyl adjacent to an activating group) is 1. The van der Waals surface area contributed by atoms with Gasteiger partial charge in [-0.2, -0.15) is 13.8 Å². The lowest BCUT2D eigenvalue weighted by atomic mass is 9.94. The number of hydrogen-bond acceptors (Lipinski definition) is 8. The van der Waals surface area contributed by atoms with Gasteiger partial charge in [0.1, 0.15) is 11.4 Å². The summed E-state index contributed by atoms with van der Waals surface area (Å²) in [6, 6.07) is 4.99. The van der Waals surface area contributed by atoms with Crippen molar-refractivity contribution in [2.75, 3.05) is 56.0 Å². The monoisotopic (exact) mass is 557 g/mol. The van der Waals surface area contributed by atoms with Crippen LogP contribution in [0.3, 0.4) is 0 Å². The molecule has 2 fully saturated rings. The van der Waals surface area contributed by atoms with Crippen LogP contribution in [-0.4, -0.2) is 85.5 Å². The second-order valence-corrected chi connectivity index (χ2v) is 11.0. The number of piperidine rings is 1. The Kier molecular flexibility index (Phi) is 8.07. The van der Waals surface area contributed by atoms with Crippen molar-refractivity contribution in [3.63, 3.8) is 0 Å². The van der Waals surface area contributed by atoms with Crippen molar-refractivity contribution in [3.05, 3.63) is 30.0 Å². The van der Waals surface area contributed by atoms with Crippen LogP contribution >= 0.6 is 0 Å². The maximum absolute atomic E-state index is 14.9. The number of halogens is 2. The molecule has 2 N–H and O–H groups in total. The first-order valence-electron chi connectivity index (χ1n) is 13.9. The molecular weight excluding hydrogens is 520 g/mol. The first-order chi connectivity index (χ1) is 19.2. The molecular formula is C28H37F2N7O3. The summed E-state index contributed by atoms with van der Waals surface area (Å²) in [5.41, 5.74) is 1.22. The van der Waals surface area contributed by atoms with E-state index in [1.54, 1.807) is 23.1 Å². The topological polar surface area (TPSA) is 103 Å². The van der Waals surface area contributed by atoms with Gasteiger partial charge in [0.15, 0.2) is 5.82 Å². The van der Waals surface area contributed by atoms with Gasteiger partial charge in [0.05, 0.1) is 25.5 Å². The van der Waals surface area contributed by atoms with Crippen molar-refractivity contribution in [2.45, 2.75) is 63.0 Å². The van der Waals surface area contributed by atoms with Gasteiger partial charge in [-0.05, 0) is 57.5 Å². The van der Waals surface area contributed by atoms with Gasteiger partial charge in [-0.1, -0.05) is 19.3 Å². The van der Waals surface area contributed by atoms with Crippen molar-refractivity contribution in [2.24, 2.45) is 0 Å². The summed E-state index contributed by atoms with van der Waals surface area (Å²) in [4.78, 5) is 39.2. The van der Waals surface area contributed by atoms with Gasteiger partial charge in [0.25, 0.3) is 11.8 Å². The number of rotatable bonds is 6. The quantitative estimate of drug-likeness (QED) is 0.553. The maximum atomic E-state index is 14.9. The SMILES string of the molecule is COc1cc(C(=O)NC2CCCN(C)C2)ccc1Nc1ncc2c(n1)N(C1CCCCC1)CC(F)(F)C(=O)N2C. The number of hydrogen-bond donors (Lipinski definition) is 2. The molecule has 2 amide bonds. The summed E-state index contributed by atoms with van der Waals surface area (Å²) < 4.78 is 35.4. The molecule has 1 aromatic heterocycles. The van der Waals surface area contributed by atoms with E-state index >= 15 is 0 Å². The van der Waals surface area contributed by atoms with Crippen molar-refractivity contribution in [1.29, 1.82) is 0 Å². The lowest BCUT2D eigenvalue weighted by Gasteiger charge is -2.35. The Morgan fingerprint density at radius 1 is 1.12 bits per heavy atom. The third kappa shape index (κ3) is 5.81. The fourth-order valence-electron chi connectivity index (χ4n) is 5.89. The minimum Gasteiger partial charge on any atom is -0.495 e. The van der Waals surface area contributed by atoms with Crippen LogP contribution in [0.2, 0.25) is 0 Å². The molecule has 1 aromatic carbocycles. The molecule has 1 atom stereocenters. The van der Waals surface area contributed by atoms with Crippen LogP contribution < -0.4 is 25.2 Å². The highest BCUT2D eigenvalue weighted by Crippen LogP contribution is 2.39. The predicted octanol–water partition coefficient (Wildman–Crippen LogP) is 3.80. The van der Waals surface area contributed by atoms with E-state index < -0.39 is 18.4 Å². The number of likely N-dealkylation sites (tertiary alicyclic amines) is 1. The number of benzene rings is 1. The summed E-state index contributed by atoms with van der Waals surface area (Å²) >= 11 is 0. The van der Waals surface area contributed by atoms with Gasteiger partial charge in [-0.3, -0.25) is 9.59 Å². The number of fused-ring (bicyclic) bond motifs is 1. The predicted molar refractivity (Wildman–Crippen MR) is 149 cm³/mol. The standard InChI is InChI=1S/C28H37F2N7O3/c1-35-13-7-8-19(16-35)32-25(38)18-11-12-21(23(14-18)40-3)33-27-31-15-22-24(34-27)37(20-9-5-4-6-10-20)17-28(29,30)26(39)36(22)2/h11-12,14-15,19-20H,4-10,13,16-17H2,1-3H3,(H,32,38)(H,31,33,34). The van der Waals surface area contributed by atoms with E-state index in [1.807, 2.05) is 7.05 Å². The summed E-state index contributed by atoms with van der Waals surface area (Å²) in [6.07, 6.45) is 7.84. The van der Waals surface area contributed by atoms with Gasteiger partial charge in [-0.25, -0.2) is 4.98 Å². The highest BCUT2D eigenvalue weighted by molar-refractivity contribution is 6.02. The van der Waals surface area contributed by atoms with E-state index in [9.17, 15) is 18.4 Å². The summed E-state index contributed by atoms with van der Waals surface area (Å²) in [6.45, 7) is 1.11. The molecule has 12 heteroatoms. The zero-order valence-corrected chi connectivity index (χ0v) is 23.3. The number of nitrogens with zero attached hydrogens (tertiary/aromatic N) is 5. The van der Waals surface area contributed by atoms with Crippen LogP contribution in [0.4, 0.5) is 31.9 Å². The van der Waals surface area contributed by atoms with Gasteiger partial charge in [-0.15, -0.1) is 0 Å². The van der Waals surface area contributed by atoms with Crippen LogP contribution in [0.5, 0.6) is 5.75 Å². The Labute approximate surface area is 233 Å². The van der Waals surface area contributed by atoms with Crippen LogP contribution in [-0.2, 0) is 4.79 Å². The van der Waals surface area contributed by atoms with Crippen molar-refractivity contribution < 1.29 is 23.1 Å². The Morgan fingerprint density at radius 3 is 2.62 bits per heavy atom. The number of carbonyl (C=O) groups excluding carboxylic acids is 2. The number of alkyl halides is 2. The smallest absolute Gasteiger partial charge is 0.342 e. The number of methoxy groups -OCH3 is 1. The molecule has 0 radical (unpaired) electrons. The minimum absolute atomic E-state index is 0.0903. The second-order valence-electron chi connectivity index (χ2n) is 11.0. The number of amides is 2. The van der Waals surface area contributed by atoms with E-state index in [-0.39, 0.29) is 29.6 Å². The van der Waals surface area contributed by atoms with Crippen LogP contribution in [0.25, 0.3) is 0 Å². The molecule has 216 valence electrons. The summed E-state index contributed by atoms with van der Waals surface area (Å²) in [7, 11) is 4.87. The number of carbonyl (C=O) groups is 2. The maximum Gasteiger partial charge on any atom is 0.342 e. The third-order valence-electron chi connectivity index (χ3n) is 8.06. The van der Waals surface area contributed by atoms with Crippen molar-refractivity contribution in [1.82, 2.24) is 20.2 Å². The number of ether oxygens (including phenoxy) is 1. The molecule has 2 aromatic rings. The minimum atomic E-state index is -3.55. The highest BCUT2D eigenvalue weighted by atomic mass is 19.3. The molecule has 1 aliphatic carbocycles. The Hall–Kier alpha value is -3.54. The molecule has 10 nitrogen and oxygen atoms in total. The molecule has 5 rings (SSSR count). The average Bonchev–Trinajstić information content (AvgIpc) is 3.02. The average molecular weight is 558 g/mol. The van der Waals surface area contributed by atoms with Crippen LogP contribution in [0.1, 0.15) is 55.3 Å². The van der Waals surface area contributed by atoms with Gasteiger partial charge >= 0.3 is 5.92 Å².